The van der Waals surface area contributed by atoms with Gasteiger partial charge in [0.25, 0.3) is 0 Å². The average Bonchev–Trinajstić information content (AvgIpc) is 3.13. The van der Waals surface area contributed by atoms with Gasteiger partial charge in [-0.2, -0.15) is 0 Å². The number of aromatic nitrogens is 1. The standard InChI is InChI=1S/C31H34N4O3/c36-24(22-38-30-12-5-9-27-25(30)8-6-15-32-27)21-33-17-19-34(20-18-33)31(37)26-14-13-23-7-1-2-10-28(23)35-16-4-3-11-29(26)35/h1,3-9,11-15,24,26,36H,2,10,16-22H2. The van der Waals surface area contributed by atoms with Gasteiger partial charge in [0.05, 0.1) is 11.4 Å². The van der Waals surface area contributed by atoms with Crippen molar-refractivity contribution < 1.29 is 14.6 Å². The zero-order valence-electron chi connectivity index (χ0n) is 21.6. The van der Waals surface area contributed by atoms with E-state index in [-0.39, 0.29) is 18.4 Å². The Morgan fingerprint density at radius 2 is 2.00 bits per heavy atom. The van der Waals surface area contributed by atoms with Gasteiger partial charge in [0.2, 0.25) is 5.91 Å². The van der Waals surface area contributed by atoms with E-state index in [2.05, 4.69) is 57.3 Å². The van der Waals surface area contributed by atoms with Gasteiger partial charge in [0, 0.05) is 62.2 Å². The number of aliphatic hydroxyl groups excluding tert-OH is 1. The lowest BCUT2D eigenvalue weighted by Crippen LogP contribution is -2.52. The smallest absolute Gasteiger partial charge is 0.235 e. The normalized spacial score (nSPS) is 22.1. The fourth-order valence-corrected chi connectivity index (χ4v) is 5.77. The Morgan fingerprint density at radius 1 is 1.11 bits per heavy atom. The lowest BCUT2D eigenvalue weighted by atomic mass is 9.99. The Kier molecular flexibility index (Phi) is 7.12. The third-order valence-corrected chi connectivity index (χ3v) is 7.75. The van der Waals surface area contributed by atoms with Gasteiger partial charge in [-0.05, 0) is 48.8 Å². The monoisotopic (exact) mass is 510 g/mol. The number of β-amino-alcohol motifs (C(OH)–C–C–N with tert-alkyl or cyclic N) is 1. The fourth-order valence-electron chi connectivity index (χ4n) is 5.77. The van der Waals surface area contributed by atoms with E-state index in [1.54, 1.807) is 6.20 Å². The summed E-state index contributed by atoms with van der Waals surface area (Å²) in [5.74, 6) is 0.610. The molecule has 38 heavy (non-hydrogen) atoms. The summed E-state index contributed by atoms with van der Waals surface area (Å²) in [4.78, 5) is 24.6. The zero-order valence-corrected chi connectivity index (χ0v) is 21.6. The van der Waals surface area contributed by atoms with Gasteiger partial charge >= 0.3 is 0 Å². The second-order valence-electron chi connectivity index (χ2n) is 10.2. The van der Waals surface area contributed by atoms with Gasteiger partial charge in [0.1, 0.15) is 18.5 Å². The molecule has 3 aliphatic heterocycles. The molecular weight excluding hydrogens is 476 g/mol. The molecule has 1 N–H and O–H groups in total. The molecule has 1 aliphatic carbocycles. The molecule has 4 heterocycles. The number of fused-ring (bicyclic) bond motifs is 3. The number of nitrogens with zero attached hydrogens (tertiary/aromatic N) is 4. The first kappa shape index (κ1) is 24.6. The van der Waals surface area contributed by atoms with Crippen LogP contribution in [-0.2, 0) is 4.79 Å². The number of carbonyl (C=O) groups excluding carboxylic acids is 1. The Balaban J connectivity index is 1.04. The number of allylic oxidation sites excluding steroid dienone is 7. The number of aliphatic hydroxyl groups is 1. The summed E-state index contributed by atoms with van der Waals surface area (Å²) in [5.41, 5.74) is 4.48. The minimum atomic E-state index is -0.618. The molecule has 4 aliphatic rings. The van der Waals surface area contributed by atoms with Crippen LogP contribution in [0.1, 0.15) is 12.8 Å². The lowest BCUT2D eigenvalue weighted by Gasteiger charge is -2.39. The molecule has 1 saturated heterocycles. The van der Waals surface area contributed by atoms with Gasteiger partial charge in [-0.1, -0.05) is 42.5 Å². The van der Waals surface area contributed by atoms with Gasteiger partial charge in [0.15, 0.2) is 0 Å². The van der Waals surface area contributed by atoms with Crippen LogP contribution in [0, 0.1) is 5.92 Å². The summed E-state index contributed by atoms with van der Waals surface area (Å²) in [5, 5.41) is 11.6. The van der Waals surface area contributed by atoms with Crippen LogP contribution in [0.5, 0.6) is 5.75 Å². The van der Waals surface area contributed by atoms with Crippen LogP contribution in [0.25, 0.3) is 10.9 Å². The molecule has 0 radical (unpaired) electrons. The number of hydrogen-bond acceptors (Lipinski definition) is 6. The summed E-state index contributed by atoms with van der Waals surface area (Å²) < 4.78 is 5.95. The number of benzene rings is 1. The maximum Gasteiger partial charge on any atom is 0.235 e. The average molecular weight is 511 g/mol. The van der Waals surface area contributed by atoms with Crippen LogP contribution < -0.4 is 4.74 Å². The topological polar surface area (TPSA) is 69.1 Å². The maximum absolute atomic E-state index is 13.7. The van der Waals surface area contributed by atoms with Crippen molar-refractivity contribution in [3.05, 3.63) is 96.0 Å². The third-order valence-electron chi connectivity index (χ3n) is 7.75. The molecule has 0 bridgehead atoms. The molecule has 6 rings (SSSR count). The van der Waals surface area contributed by atoms with E-state index in [4.69, 9.17) is 4.74 Å². The van der Waals surface area contributed by atoms with E-state index < -0.39 is 6.10 Å². The summed E-state index contributed by atoms with van der Waals surface area (Å²) in [7, 11) is 0. The number of rotatable bonds is 6. The first-order valence-corrected chi connectivity index (χ1v) is 13.6. The molecule has 1 aromatic heterocycles. The van der Waals surface area contributed by atoms with Crippen molar-refractivity contribution in [2.24, 2.45) is 5.92 Å². The highest BCUT2D eigenvalue weighted by Crippen LogP contribution is 2.35. The van der Waals surface area contributed by atoms with E-state index in [1.807, 2.05) is 35.2 Å². The SMILES string of the molecule is O=C(C1C=CC2=C(CCC=C2)N2CC=CC=C12)N1CCN(CC(O)COc2cccc3ncccc23)CC1. The van der Waals surface area contributed by atoms with E-state index in [0.29, 0.717) is 19.6 Å². The number of amides is 1. The van der Waals surface area contributed by atoms with Crippen molar-refractivity contribution in [2.75, 3.05) is 45.9 Å². The van der Waals surface area contributed by atoms with Crippen LogP contribution in [0.3, 0.4) is 0 Å². The third kappa shape index (κ3) is 5.04. The van der Waals surface area contributed by atoms with Gasteiger partial charge < -0.3 is 19.6 Å². The number of carbonyl (C=O) groups is 1. The van der Waals surface area contributed by atoms with Crippen molar-refractivity contribution in [1.29, 1.82) is 0 Å². The van der Waals surface area contributed by atoms with Crippen LogP contribution in [0.4, 0.5) is 0 Å². The lowest BCUT2D eigenvalue weighted by molar-refractivity contribution is -0.135. The second-order valence-corrected chi connectivity index (χ2v) is 10.2. The van der Waals surface area contributed by atoms with Crippen LogP contribution in [0.2, 0.25) is 0 Å². The summed E-state index contributed by atoms with van der Waals surface area (Å²) >= 11 is 0. The molecule has 0 saturated carbocycles. The minimum absolute atomic E-state index is 0.157. The predicted octanol–water partition coefficient (Wildman–Crippen LogP) is 3.66. The van der Waals surface area contributed by atoms with Crippen molar-refractivity contribution in [2.45, 2.75) is 18.9 Å². The minimum Gasteiger partial charge on any atom is -0.490 e. The largest absolute Gasteiger partial charge is 0.490 e. The first-order valence-electron chi connectivity index (χ1n) is 13.6. The molecule has 1 aromatic carbocycles. The van der Waals surface area contributed by atoms with Gasteiger partial charge in [-0.15, -0.1) is 0 Å². The highest BCUT2D eigenvalue weighted by atomic mass is 16.5. The zero-order chi connectivity index (χ0) is 25.9. The molecule has 7 nitrogen and oxygen atoms in total. The Hall–Kier alpha value is -3.68. The van der Waals surface area contributed by atoms with E-state index in [9.17, 15) is 9.90 Å². The predicted molar refractivity (Wildman–Crippen MR) is 148 cm³/mol. The number of ether oxygens (including phenoxy) is 1. The van der Waals surface area contributed by atoms with E-state index in [1.165, 1.54) is 11.3 Å². The molecule has 0 spiro atoms. The molecule has 2 aromatic rings. The van der Waals surface area contributed by atoms with Crippen LogP contribution in [-0.4, -0.2) is 82.7 Å². The van der Waals surface area contributed by atoms with Crippen molar-refractivity contribution in [1.82, 2.24) is 19.7 Å². The highest BCUT2D eigenvalue weighted by molar-refractivity contribution is 5.85. The Bertz CT molecular complexity index is 1340. The van der Waals surface area contributed by atoms with E-state index >= 15 is 0 Å². The second kappa shape index (κ2) is 11.0. The number of hydrogen-bond donors (Lipinski definition) is 1. The first-order chi connectivity index (χ1) is 18.7. The van der Waals surface area contributed by atoms with Crippen molar-refractivity contribution in [3.63, 3.8) is 0 Å². The molecule has 7 heteroatoms. The van der Waals surface area contributed by atoms with Gasteiger partial charge in [-0.25, -0.2) is 0 Å². The quantitative estimate of drug-likeness (QED) is 0.640. The molecular formula is C31H34N4O3. The molecule has 1 amide bonds. The van der Waals surface area contributed by atoms with Crippen LogP contribution >= 0.6 is 0 Å². The molecule has 2 atom stereocenters. The van der Waals surface area contributed by atoms with Crippen LogP contribution in [0.15, 0.2) is 96.0 Å². The summed E-state index contributed by atoms with van der Waals surface area (Å²) in [6.07, 6.45) is 18.1. The summed E-state index contributed by atoms with van der Waals surface area (Å²) in [6.45, 7) is 4.32. The Morgan fingerprint density at radius 3 is 2.89 bits per heavy atom. The Labute approximate surface area is 223 Å². The highest BCUT2D eigenvalue weighted by Gasteiger charge is 2.34. The van der Waals surface area contributed by atoms with Crippen molar-refractivity contribution >= 4 is 16.8 Å². The van der Waals surface area contributed by atoms with Crippen molar-refractivity contribution in [3.8, 4) is 5.75 Å². The van der Waals surface area contributed by atoms with Gasteiger partial charge in [-0.3, -0.25) is 14.7 Å². The molecule has 196 valence electrons. The molecule has 2 unspecified atom stereocenters. The number of pyridine rings is 1. The van der Waals surface area contributed by atoms with E-state index in [0.717, 1.165) is 54.8 Å². The fraction of sp³-hybridized carbons (Fsp3) is 0.355. The number of piperazine rings is 1. The molecule has 1 fully saturated rings. The maximum atomic E-state index is 13.7. The summed E-state index contributed by atoms with van der Waals surface area (Å²) in [6, 6.07) is 9.63.